The second-order valence-corrected chi connectivity index (χ2v) is 5.15. The third-order valence-electron chi connectivity index (χ3n) is 3.68. The molecule has 0 amide bonds. The lowest BCUT2D eigenvalue weighted by Crippen LogP contribution is -1.96. The SMILES string of the molecule is CC/C=C(\CCC)c1cn(C)c2ncc(NO)c(C)c12. The predicted octanol–water partition coefficient (Wildman–Crippen LogP) is 4.28. The minimum atomic E-state index is 0.664. The van der Waals surface area contributed by atoms with E-state index in [0.717, 1.165) is 35.9 Å². The Morgan fingerprint density at radius 2 is 2.20 bits per heavy atom. The Morgan fingerprint density at radius 1 is 1.45 bits per heavy atom. The van der Waals surface area contributed by atoms with E-state index in [0.29, 0.717) is 5.69 Å². The van der Waals surface area contributed by atoms with Crippen LogP contribution in [0, 0.1) is 6.92 Å². The summed E-state index contributed by atoms with van der Waals surface area (Å²) in [6.07, 6.45) is 9.30. The number of nitrogens with one attached hydrogen (secondary N) is 1. The van der Waals surface area contributed by atoms with E-state index in [1.165, 1.54) is 11.1 Å². The zero-order valence-corrected chi connectivity index (χ0v) is 12.7. The van der Waals surface area contributed by atoms with Crippen LogP contribution in [0.25, 0.3) is 16.6 Å². The number of pyridine rings is 1. The van der Waals surface area contributed by atoms with Crippen LogP contribution in [0.2, 0.25) is 0 Å². The largest absolute Gasteiger partial charge is 0.335 e. The summed E-state index contributed by atoms with van der Waals surface area (Å²) in [5.41, 5.74) is 7.48. The highest BCUT2D eigenvalue weighted by Crippen LogP contribution is 2.33. The fourth-order valence-electron chi connectivity index (χ4n) is 2.72. The zero-order chi connectivity index (χ0) is 14.7. The highest BCUT2D eigenvalue weighted by Gasteiger charge is 2.15. The summed E-state index contributed by atoms with van der Waals surface area (Å²) in [6, 6.07) is 0. The number of hydrogen-bond acceptors (Lipinski definition) is 3. The van der Waals surface area contributed by atoms with Crippen LogP contribution in [-0.4, -0.2) is 14.8 Å². The summed E-state index contributed by atoms with van der Waals surface area (Å²) in [4.78, 5) is 4.45. The van der Waals surface area contributed by atoms with Gasteiger partial charge < -0.3 is 4.57 Å². The number of aryl methyl sites for hydroxylation is 2. The quantitative estimate of drug-likeness (QED) is 0.800. The van der Waals surface area contributed by atoms with Crippen molar-refractivity contribution in [1.82, 2.24) is 9.55 Å². The van der Waals surface area contributed by atoms with Gasteiger partial charge in [0.2, 0.25) is 0 Å². The van der Waals surface area contributed by atoms with E-state index >= 15 is 0 Å². The molecule has 4 heteroatoms. The number of aromatic nitrogens is 2. The number of nitrogens with zero attached hydrogens (tertiary/aromatic N) is 2. The van der Waals surface area contributed by atoms with Crippen LogP contribution in [0.15, 0.2) is 18.5 Å². The van der Waals surface area contributed by atoms with Gasteiger partial charge in [-0.15, -0.1) is 0 Å². The molecule has 0 saturated heterocycles. The van der Waals surface area contributed by atoms with Gasteiger partial charge in [0.25, 0.3) is 0 Å². The Morgan fingerprint density at radius 3 is 2.80 bits per heavy atom. The van der Waals surface area contributed by atoms with Crippen LogP contribution < -0.4 is 5.48 Å². The molecule has 0 aliphatic heterocycles. The third-order valence-corrected chi connectivity index (χ3v) is 3.68. The minimum Gasteiger partial charge on any atom is -0.335 e. The van der Waals surface area contributed by atoms with Crippen molar-refractivity contribution >= 4 is 22.3 Å². The molecule has 0 spiro atoms. The van der Waals surface area contributed by atoms with Gasteiger partial charge in [-0.3, -0.25) is 10.7 Å². The van der Waals surface area contributed by atoms with Crippen molar-refractivity contribution < 1.29 is 5.21 Å². The second kappa shape index (κ2) is 6.09. The summed E-state index contributed by atoms with van der Waals surface area (Å²) in [5, 5.41) is 10.3. The molecule has 0 saturated carbocycles. The fraction of sp³-hybridized carbons (Fsp3) is 0.438. The molecule has 0 aromatic carbocycles. The average molecular weight is 273 g/mol. The first kappa shape index (κ1) is 14.6. The highest BCUT2D eigenvalue weighted by atomic mass is 16.5. The van der Waals surface area contributed by atoms with Crippen molar-refractivity contribution in [1.29, 1.82) is 0 Å². The Hall–Kier alpha value is -1.81. The lowest BCUT2D eigenvalue weighted by Gasteiger charge is -2.09. The molecule has 2 rings (SSSR count). The summed E-state index contributed by atoms with van der Waals surface area (Å²) < 4.78 is 2.05. The highest BCUT2D eigenvalue weighted by molar-refractivity contribution is 5.95. The standard InChI is InChI=1S/C16H23N3O/c1-5-7-12(8-6-2)13-10-19(4)16-15(13)11(3)14(18-20)9-17-16/h7,9-10,18,20H,5-6,8H2,1-4H3/b12-7+. The number of hydrogen-bond donors (Lipinski definition) is 2. The first-order chi connectivity index (χ1) is 9.63. The summed E-state index contributed by atoms with van der Waals surface area (Å²) in [7, 11) is 2.01. The molecule has 20 heavy (non-hydrogen) atoms. The van der Waals surface area contributed by atoms with Gasteiger partial charge in [-0.05, 0) is 30.9 Å². The van der Waals surface area contributed by atoms with Crippen LogP contribution in [0.5, 0.6) is 0 Å². The predicted molar refractivity (Wildman–Crippen MR) is 84.0 cm³/mol. The van der Waals surface area contributed by atoms with Crippen molar-refractivity contribution in [3.8, 4) is 0 Å². The molecule has 0 atom stereocenters. The maximum absolute atomic E-state index is 9.21. The first-order valence-corrected chi connectivity index (χ1v) is 7.18. The van der Waals surface area contributed by atoms with E-state index in [-0.39, 0.29) is 0 Å². The van der Waals surface area contributed by atoms with E-state index in [9.17, 15) is 5.21 Å². The summed E-state index contributed by atoms with van der Waals surface area (Å²) in [6.45, 7) is 6.37. The number of allylic oxidation sites excluding steroid dienone is 2. The maximum atomic E-state index is 9.21. The summed E-state index contributed by atoms with van der Waals surface area (Å²) in [5.74, 6) is 0. The molecule has 2 aromatic rings. The van der Waals surface area contributed by atoms with Crippen molar-refractivity contribution in [3.05, 3.63) is 29.6 Å². The Balaban J connectivity index is 2.72. The van der Waals surface area contributed by atoms with E-state index in [1.54, 1.807) is 6.20 Å². The molecule has 4 nitrogen and oxygen atoms in total. The molecule has 2 heterocycles. The number of fused-ring (bicyclic) bond motifs is 1. The van der Waals surface area contributed by atoms with E-state index in [4.69, 9.17) is 0 Å². The average Bonchev–Trinajstić information content (AvgIpc) is 2.77. The van der Waals surface area contributed by atoms with Crippen LogP contribution in [0.4, 0.5) is 5.69 Å². The van der Waals surface area contributed by atoms with Crippen molar-refractivity contribution in [2.24, 2.45) is 7.05 Å². The number of rotatable bonds is 5. The molecule has 0 fully saturated rings. The zero-order valence-electron chi connectivity index (χ0n) is 12.7. The van der Waals surface area contributed by atoms with Gasteiger partial charge in [0, 0.05) is 24.2 Å². The molecule has 0 aliphatic rings. The van der Waals surface area contributed by atoms with Gasteiger partial charge in [-0.2, -0.15) is 0 Å². The summed E-state index contributed by atoms with van der Waals surface area (Å²) >= 11 is 0. The molecular formula is C16H23N3O. The van der Waals surface area contributed by atoms with Crippen molar-refractivity contribution in [2.45, 2.75) is 40.0 Å². The lowest BCUT2D eigenvalue weighted by atomic mass is 9.98. The van der Waals surface area contributed by atoms with E-state index in [1.807, 2.05) is 14.0 Å². The minimum absolute atomic E-state index is 0.664. The van der Waals surface area contributed by atoms with E-state index in [2.05, 4.69) is 41.2 Å². The fourth-order valence-corrected chi connectivity index (χ4v) is 2.72. The van der Waals surface area contributed by atoms with Gasteiger partial charge in [0.05, 0.1) is 11.9 Å². The van der Waals surface area contributed by atoms with Crippen molar-refractivity contribution in [3.63, 3.8) is 0 Å². The smallest absolute Gasteiger partial charge is 0.140 e. The van der Waals surface area contributed by atoms with Crippen LogP contribution >= 0.6 is 0 Å². The Labute approximate surface area is 120 Å². The van der Waals surface area contributed by atoms with Gasteiger partial charge in [-0.25, -0.2) is 4.98 Å². The van der Waals surface area contributed by atoms with E-state index < -0.39 is 0 Å². The van der Waals surface area contributed by atoms with Crippen LogP contribution in [0.1, 0.15) is 44.2 Å². The first-order valence-electron chi connectivity index (χ1n) is 7.18. The topological polar surface area (TPSA) is 50.1 Å². The molecule has 2 N–H and O–H groups in total. The van der Waals surface area contributed by atoms with Gasteiger partial charge in [0.1, 0.15) is 5.65 Å². The third kappa shape index (κ3) is 2.43. The monoisotopic (exact) mass is 273 g/mol. The molecule has 2 aromatic heterocycles. The van der Waals surface area contributed by atoms with Gasteiger partial charge in [0.15, 0.2) is 0 Å². The van der Waals surface area contributed by atoms with Crippen molar-refractivity contribution in [2.75, 3.05) is 5.48 Å². The molecule has 0 bridgehead atoms. The van der Waals surface area contributed by atoms with Crippen LogP contribution in [0.3, 0.4) is 0 Å². The molecule has 0 unspecified atom stereocenters. The molecule has 0 radical (unpaired) electrons. The maximum Gasteiger partial charge on any atom is 0.140 e. The van der Waals surface area contributed by atoms with Gasteiger partial charge in [-0.1, -0.05) is 26.3 Å². The second-order valence-electron chi connectivity index (χ2n) is 5.15. The van der Waals surface area contributed by atoms with Crippen LogP contribution in [-0.2, 0) is 7.05 Å². The Kier molecular flexibility index (Phi) is 4.45. The lowest BCUT2D eigenvalue weighted by molar-refractivity contribution is 0.388. The normalized spacial score (nSPS) is 12.2. The number of anilines is 1. The molecular weight excluding hydrogens is 250 g/mol. The Bertz CT molecular complexity index is 641. The molecule has 0 aliphatic carbocycles. The molecule has 108 valence electrons. The van der Waals surface area contributed by atoms with Gasteiger partial charge >= 0.3 is 0 Å².